The molecule has 8 N–H and O–H groups in total. The van der Waals surface area contributed by atoms with Crippen LogP contribution < -0.4 is 21.7 Å². The number of carbonyl (C=O) groups excluding carboxylic acids is 3. The van der Waals surface area contributed by atoms with Gasteiger partial charge in [-0.3, -0.25) is 14.4 Å². The first-order valence-electron chi connectivity index (χ1n) is 13.1. The van der Waals surface area contributed by atoms with Crippen molar-refractivity contribution in [1.29, 1.82) is 0 Å². The number of hydrogen-bond donors (Lipinski definition) is 7. The SMILES string of the molecule is CCC(C)C(N)C(=O)NC(Cc1cnc[nH]1)C(=O)NC(CC(C)C)C(=O)NC(Cc1ccc(O)cc1)C(=O)O. The number of nitrogens with two attached hydrogens (primary N) is 1. The Morgan fingerprint density at radius 2 is 1.51 bits per heavy atom. The Labute approximate surface area is 228 Å². The van der Waals surface area contributed by atoms with Gasteiger partial charge in [0.05, 0.1) is 12.4 Å². The lowest BCUT2D eigenvalue weighted by atomic mass is 9.98. The number of H-pyrrole nitrogens is 1. The Balaban J connectivity index is 2.20. The van der Waals surface area contributed by atoms with Crippen LogP contribution in [0.25, 0.3) is 0 Å². The van der Waals surface area contributed by atoms with Crippen molar-refractivity contribution in [3.8, 4) is 5.75 Å². The third kappa shape index (κ3) is 10.0. The zero-order valence-electron chi connectivity index (χ0n) is 22.8. The van der Waals surface area contributed by atoms with E-state index < -0.39 is 47.9 Å². The second-order valence-corrected chi connectivity index (χ2v) is 10.2. The van der Waals surface area contributed by atoms with Gasteiger partial charge >= 0.3 is 5.97 Å². The summed E-state index contributed by atoms with van der Waals surface area (Å²) < 4.78 is 0. The van der Waals surface area contributed by atoms with E-state index in [9.17, 15) is 29.4 Å². The van der Waals surface area contributed by atoms with Crippen molar-refractivity contribution in [2.45, 2.75) is 77.5 Å². The number of phenolic OH excluding ortho intramolecular Hbond substituents is 1. The maximum absolute atomic E-state index is 13.4. The Bertz CT molecular complexity index is 1090. The van der Waals surface area contributed by atoms with Crippen LogP contribution in [-0.4, -0.2) is 68.0 Å². The highest BCUT2D eigenvalue weighted by molar-refractivity contribution is 5.94. The van der Waals surface area contributed by atoms with E-state index in [4.69, 9.17) is 5.73 Å². The third-order valence-electron chi connectivity index (χ3n) is 6.50. The van der Waals surface area contributed by atoms with Gasteiger partial charge in [-0.1, -0.05) is 46.2 Å². The van der Waals surface area contributed by atoms with Gasteiger partial charge in [0.1, 0.15) is 23.9 Å². The second-order valence-electron chi connectivity index (χ2n) is 10.2. The molecule has 3 amide bonds. The van der Waals surface area contributed by atoms with Gasteiger partial charge in [-0.05, 0) is 36.0 Å². The zero-order valence-corrected chi connectivity index (χ0v) is 22.8. The number of aliphatic carboxylic acids is 1. The number of benzene rings is 1. The molecule has 0 aliphatic rings. The predicted octanol–water partition coefficient (Wildman–Crippen LogP) is 0.859. The van der Waals surface area contributed by atoms with Crippen LogP contribution in [0.4, 0.5) is 0 Å². The molecular formula is C27H40N6O6. The number of imidazole rings is 1. The molecule has 12 nitrogen and oxygen atoms in total. The van der Waals surface area contributed by atoms with Crippen LogP contribution in [-0.2, 0) is 32.0 Å². The number of rotatable bonds is 15. The Kier molecular flexibility index (Phi) is 11.9. The van der Waals surface area contributed by atoms with E-state index in [1.54, 1.807) is 12.1 Å². The minimum atomic E-state index is -1.26. The number of aromatic hydroxyl groups is 1. The van der Waals surface area contributed by atoms with Crippen LogP contribution in [0.15, 0.2) is 36.8 Å². The molecule has 0 aliphatic carbocycles. The van der Waals surface area contributed by atoms with Gasteiger partial charge in [0.15, 0.2) is 0 Å². The van der Waals surface area contributed by atoms with E-state index in [1.807, 2.05) is 27.7 Å². The summed E-state index contributed by atoms with van der Waals surface area (Å²) in [5.41, 5.74) is 7.26. The van der Waals surface area contributed by atoms with E-state index >= 15 is 0 Å². The number of hydrogen-bond acceptors (Lipinski definition) is 7. The average Bonchev–Trinajstić information content (AvgIpc) is 3.40. The molecule has 0 saturated heterocycles. The van der Waals surface area contributed by atoms with E-state index in [0.717, 1.165) is 0 Å². The number of carboxylic acids is 1. The van der Waals surface area contributed by atoms with Crippen molar-refractivity contribution < 1.29 is 29.4 Å². The lowest BCUT2D eigenvalue weighted by molar-refractivity contribution is -0.142. The van der Waals surface area contributed by atoms with Crippen LogP contribution in [0.2, 0.25) is 0 Å². The first-order valence-corrected chi connectivity index (χ1v) is 13.1. The molecule has 0 aliphatic heterocycles. The molecule has 0 radical (unpaired) electrons. The number of aromatic nitrogens is 2. The summed E-state index contributed by atoms with van der Waals surface area (Å²) in [5.74, 6) is -3.09. The van der Waals surface area contributed by atoms with Gasteiger partial charge in [0.25, 0.3) is 0 Å². The Morgan fingerprint density at radius 1 is 0.923 bits per heavy atom. The summed E-state index contributed by atoms with van der Waals surface area (Å²) >= 11 is 0. The average molecular weight is 545 g/mol. The molecular weight excluding hydrogens is 504 g/mol. The van der Waals surface area contributed by atoms with Crippen LogP contribution in [0.3, 0.4) is 0 Å². The molecule has 0 spiro atoms. The first kappa shape index (κ1) is 31.3. The number of carbonyl (C=O) groups is 4. The predicted molar refractivity (Wildman–Crippen MR) is 144 cm³/mol. The molecule has 1 aromatic heterocycles. The monoisotopic (exact) mass is 544 g/mol. The summed E-state index contributed by atoms with van der Waals surface area (Å²) in [5, 5.41) is 27.1. The van der Waals surface area contributed by atoms with Crippen molar-refractivity contribution in [2.75, 3.05) is 0 Å². The number of amides is 3. The Hall–Kier alpha value is -3.93. The van der Waals surface area contributed by atoms with E-state index in [1.165, 1.54) is 24.7 Å². The largest absolute Gasteiger partial charge is 0.508 e. The quantitative estimate of drug-likeness (QED) is 0.171. The third-order valence-corrected chi connectivity index (χ3v) is 6.50. The molecule has 12 heteroatoms. The standard InChI is InChI=1S/C27H40N6O6/c1-5-16(4)23(28)26(37)32-21(12-18-13-29-14-30-18)25(36)31-20(10-15(2)3)24(35)33-22(27(38)39)11-17-6-8-19(34)9-7-17/h6-9,13-16,20-23,34H,5,10-12,28H2,1-4H3,(H,29,30)(H,31,36)(H,32,37)(H,33,35)(H,38,39). The van der Waals surface area contributed by atoms with E-state index in [0.29, 0.717) is 17.7 Å². The van der Waals surface area contributed by atoms with E-state index in [-0.39, 0.29) is 36.8 Å². The second kappa shape index (κ2) is 14.9. The van der Waals surface area contributed by atoms with Gasteiger partial charge in [-0.2, -0.15) is 0 Å². The summed E-state index contributed by atoms with van der Waals surface area (Å²) in [6.45, 7) is 7.49. The van der Waals surface area contributed by atoms with E-state index in [2.05, 4.69) is 25.9 Å². The zero-order chi connectivity index (χ0) is 29.1. The fraction of sp³-hybridized carbons (Fsp3) is 0.519. The lowest BCUT2D eigenvalue weighted by Crippen LogP contribution is -2.58. The first-order chi connectivity index (χ1) is 18.4. The number of nitrogens with one attached hydrogen (secondary N) is 4. The van der Waals surface area contributed by atoms with Crippen molar-refractivity contribution in [3.63, 3.8) is 0 Å². The summed E-state index contributed by atoms with van der Waals surface area (Å²) in [6.07, 6.45) is 3.96. The van der Waals surface area contributed by atoms with Crippen LogP contribution in [0.5, 0.6) is 5.75 Å². The topological polar surface area (TPSA) is 200 Å². The molecule has 5 atom stereocenters. The highest BCUT2D eigenvalue weighted by Crippen LogP contribution is 2.13. The van der Waals surface area contributed by atoms with Gasteiger partial charge in [-0.25, -0.2) is 9.78 Å². The molecule has 214 valence electrons. The minimum Gasteiger partial charge on any atom is -0.508 e. The molecule has 2 aromatic rings. The molecule has 5 unspecified atom stereocenters. The van der Waals surface area contributed by atoms with Gasteiger partial charge in [0, 0.05) is 24.7 Å². The van der Waals surface area contributed by atoms with Gasteiger partial charge in [-0.15, -0.1) is 0 Å². The van der Waals surface area contributed by atoms with Crippen LogP contribution in [0, 0.1) is 11.8 Å². The smallest absolute Gasteiger partial charge is 0.326 e. The maximum atomic E-state index is 13.4. The van der Waals surface area contributed by atoms with Crippen LogP contribution in [0.1, 0.15) is 51.8 Å². The van der Waals surface area contributed by atoms with Gasteiger partial charge < -0.3 is 36.9 Å². The van der Waals surface area contributed by atoms with Crippen molar-refractivity contribution in [3.05, 3.63) is 48.0 Å². The number of nitrogens with zero attached hydrogens (tertiary/aromatic N) is 1. The molecule has 39 heavy (non-hydrogen) atoms. The highest BCUT2D eigenvalue weighted by atomic mass is 16.4. The van der Waals surface area contributed by atoms with Crippen molar-refractivity contribution in [2.24, 2.45) is 17.6 Å². The molecule has 1 heterocycles. The Morgan fingerprint density at radius 3 is 2.05 bits per heavy atom. The molecule has 0 saturated carbocycles. The minimum absolute atomic E-state index is 0.0131. The lowest BCUT2D eigenvalue weighted by Gasteiger charge is -2.26. The number of phenols is 1. The maximum Gasteiger partial charge on any atom is 0.326 e. The highest BCUT2D eigenvalue weighted by Gasteiger charge is 2.32. The van der Waals surface area contributed by atoms with Crippen molar-refractivity contribution >= 4 is 23.7 Å². The molecule has 2 rings (SSSR count). The number of carboxylic acid groups (broad SMARTS) is 1. The van der Waals surface area contributed by atoms with Crippen LogP contribution >= 0.6 is 0 Å². The van der Waals surface area contributed by atoms with Gasteiger partial charge in [0.2, 0.25) is 17.7 Å². The summed E-state index contributed by atoms with van der Waals surface area (Å²) in [4.78, 5) is 58.2. The fourth-order valence-corrected chi connectivity index (χ4v) is 3.92. The van der Waals surface area contributed by atoms with Crippen molar-refractivity contribution in [1.82, 2.24) is 25.9 Å². The molecule has 0 fully saturated rings. The fourth-order valence-electron chi connectivity index (χ4n) is 3.92. The summed E-state index contributed by atoms with van der Waals surface area (Å²) in [7, 11) is 0. The summed E-state index contributed by atoms with van der Waals surface area (Å²) in [6, 6.07) is 1.81. The molecule has 0 bridgehead atoms. The number of aromatic amines is 1. The molecule has 1 aromatic carbocycles. The normalized spacial score (nSPS) is 15.0.